The van der Waals surface area contributed by atoms with Gasteiger partial charge in [-0.2, -0.15) is 0 Å². The molecule has 0 fully saturated rings. The van der Waals surface area contributed by atoms with Crippen LogP contribution in [0.5, 0.6) is 0 Å². The average molecular weight is 254 g/mol. The number of rotatable bonds is 8. The molecule has 0 spiro atoms. The summed E-state index contributed by atoms with van der Waals surface area (Å²) in [7, 11) is 0. The first-order valence-electron chi connectivity index (χ1n) is 5.93. The third kappa shape index (κ3) is 5.73. The van der Waals surface area contributed by atoms with Crippen LogP contribution in [0, 0.1) is 5.92 Å². The van der Waals surface area contributed by atoms with Gasteiger partial charge in [0.2, 0.25) is 0 Å². The van der Waals surface area contributed by atoms with E-state index in [2.05, 4.69) is 0 Å². The molecule has 0 aromatic carbocycles. The van der Waals surface area contributed by atoms with Crippen LogP contribution in [0.25, 0.3) is 0 Å². The van der Waals surface area contributed by atoms with Gasteiger partial charge in [-0.15, -0.1) is 0 Å². The standard InChI is InChI=1S/C10H23NO6/c1-5(2)3-11-10(17)9(16)8(15)7(14)6(13)4-12/h5-17H,3-4H2,1-2H3/t6-,7-,8+,9-,10?/m1/s1/i/hD. The van der Waals surface area contributed by atoms with E-state index >= 15 is 0 Å². The summed E-state index contributed by atoms with van der Waals surface area (Å²) in [5.41, 5.74) is 0. The molecular formula is C10H23NO6. The Morgan fingerprint density at radius 3 is 1.94 bits per heavy atom. The molecule has 104 valence electrons. The molecule has 0 aliphatic heterocycles. The molecule has 0 aliphatic rings. The largest absolute Gasteiger partial charge is 0.394 e. The molecule has 0 aromatic heterocycles. The van der Waals surface area contributed by atoms with Crippen molar-refractivity contribution in [3.63, 3.8) is 0 Å². The van der Waals surface area contributed by atoms with E-state index in [0.717, 1.165) is 0 Å². The molecular weight excluding hydrogens is 230 g/mol. The number of hydrogen-bond donors (Lipinski definition) is 7. The van der Waals surface area contributed by atoms with E-state index < -0.39 is 37.3 Å². The first-order chi connectivity index (χ1) is 8.22. The maximum absolute atomic E-state index is 9.58. The lowest BCUT2D eigenvalue weighted by Crippen LogP contribution is -2.54. The highest BCUT2D eigenvalue weighted by atomic mass is 16.4. The third-order valence-electron chi connectivity index (χ3n) is 2.24. The second kappa shape index (κ2) is 7.93. The van der Waals surface area contributed by atoms with E-state index in [1.165, 1.54) is 0 Å². The zero-order chi connectivity index (χ0) is 14.5. The van der Waals surface area contributed by atoms with E-state index in [0.29, 0.717) is 5.31 Å². The fraction of sp³-hybridized carbons (Fsp3) is 1.00. The number of nitrogens with one attached hydrogen (secondary N) is 1. The van der Waals surface area contributed by atoms with Crippen molar-refractivity contribution in [1.29, 1.82) is 0 Å². The van der Waals surface area contributed by atoms with Crippen LogP contribution in [0.15, 0.2) is 0 Å². The highest BCUT2D eigenvalue weighted by molar-refractivity contribution is 4.83. The predicted octanol–water partition coefficient (Wildman–Crippen LogP) is -3.01. The lowest BCUT2D eigenvalue weighted by molar-refractivity contribution is -0.145. The Hall–Kier alpha value is -0.280. The average Bonchev–Trinajstić information content (AvgIpc) is 2.33. The normalized spacial score (nSPS) is 22.1. The predicted molar refractivity (Wildman–Crippen MR) is 60.0 cm³/mol. The topological polar surface area (TPSA) is 133 Å². The van der Waals surface area contributed by atoms with Crippen LogP contribution in [0.4, 0.5) is 0 Å². The second-order valence-electron chi connectivity index (χ2n) is 4.39. The summed E-state index contributed by atoms with van der Waals surface area (Å²) in [5.74, 6) is 0.0643. The van der Waals surface area contributed by atoms with E-state index in [9.17, 15) is 20.4 Å². The maximum atomic E-state index is 9.58. The smallest absolute Gasteiger partial charge is 0.133 e. The molecule has 17 heavy (non-hydrogen) atoms. The molecule has 0 bridgehead atoms. The lowest BCUT2D eigenvalue weighted by atomic mass is 10.0. The van der Waals surface area contributed by atoms with Crippen LogP contribution in [0.3, 0.4) is 0 Å². The number of aliphatic hydroxyl groups is 6. The SMILES string of the molecule is [2H]N(CC(C)C)C(O)[C@H](O)[C@@H](O)[C@H](O)[C@H](O)CO. The highest BCUT2D eigenvalue weighted by Gasteiger charge is 2.33. The van der Waals surface area contributed by atoms with Crippen molar-refractivity contribution in [3.05, 3.63) is 0 Å². The molecule has 0 amide bonds. The Bertz CT molecular complexity index is 232. The zero-order valence-electron chi connectivity index (χ0n) is 11.0. The Balaban J connectivity index is 4.47. The van der Waals surface area contributed by atoms with Crippen LogP contribution in [0.1, 0.15) is 13.8 Å². The van der Waals surface area contributed by atoms with Crippen LogP contribution in [0.2, 0.25) is 1.41 Å². The minimum atomic E-state index is -1.87. The summed E-state index contributed by atoms with van der Waals surface area (Å²) >= 11 is 0. The second-order valence-corrected chi connectivity index (χ2v) is 4.39. The Morgan fingerprint density at radius 2 is 1.53 bits per heavy atom. The van der Waals surface area contributed by atoms with Crippen molar-refractivity contribution >= 4 is 0 Å². The Kier molecular flexibility index (Phi) is 6.90. The van der Waals surface area contributed by atoms with Crippen molar-refractivity contribution < 1.29 is 32.1 Å². The van der Waals surface area contributed by atoms with Crippen molar-refractivity contribution in [2.24, 2.45) is 5.92 Å². The molecule has 0 saturated carbocycles. The van der Waals surface area contributed by atoms with Crippen LogP contribution < -0.4 is 5.31 Å². The fourth-order valence-electron chi connectivity index (χ4n) is 1.14. The summed E-state index contributed by atoms with van der Waals surface area (Å²) in [5, 5.41) is 56.4. The molecule has 0 aliphatic carbocycles. The molecule has 0 saturated heterocycles. The molecule has 0 heterocycles. The first kappa shape index (κ1) is 14.8. The molecule has 7 heteroatoms. The monoisotopic (exact) mass is 254 g/mol. The summed E-state index contributed by atoms with van der Waals surface area (Å²) in [4.78, 5) is 0. The van der Waals surface area contributed by atoms with Crippen LogP contribution in [-0.2, 0) is 0 Å². The summed E-state index contributed by atoms with van der Waals surface area (Å²) in [6.45, 7) is 2.98. The van der Waals surface area contributed by atoms with Gasteiger partial charge in [-0.3, -0.25) is 5.31 Å². The van der Waals surface area contributed by atoms with Gasteiger partial charge in [0.1, 0.15) is 32.1 Å². The lowest BCUT2D eigenvalue weighted by Gasteiger charge is -2.29. The van der Waals surface area contributed by atoms with E-state index in [1.807, 2.05) is 0 Å². The van der Waals surface area contributed by atoms with Gasteiger partial charge < -0.3 is 30.6 Å². The first-order valence-corrected chi connectivity index (χ1v) is 5.49. The van der Waals surface area contributed by atoms with Gasteiger partial charge >= 0.3 is 0 Å². The minimum Gasteiger partial charge on any atom is -0.394 e. The molecule has 7 nitrogen and oxygen atoms in total. The van der Waals surface area contributed by atoms with Gasteiger partial charge in [-0.05, 0) is 12.5 Å². The van der Waals surface area contributed by atoms with E-state index in [1.54, 1.807) is 13.8 Å². The van der Waals surface area contributed by atoms with Crippen molar-refractivity contribution in [1.82, 2.24) is 5.31 Å². The molecule has 0 radical (unpaired) electrons. The van der Waals surface area contributed by atoms with Crippen molar-refractivity contribution in [2.75, 3.05) is 13.2 Å². The quantitative estimate of drug-likeness (QED) is 0.229. The Morgan fingerprint density at radius 1 is 1.00 bits per heavy atom. The number of aliphatic hydroxyl groups excluding tert-OH is 6. The van der Waals surface area contributed by atoms with Gasteiger partial charge in [0.15, 0.2) is 0 Å². The highest BCUT2D eigenvalue weighted by Crippen LogP contribution is 2.07. The molecule has 7 N–H and O–H groups in total. The zero-order valence-corrected chi connectivity index (χ0v) is 10.0. The number of hydrogen-bond acceptors (Lipinski definition) is 7. The van der Waals surface area contributed by atoms with Crippen LogP contribution in [-0.4, -0.2) is 74.4 Å². The Labute approximate surface area is 102 Å². The van der Waals surface area contributed by atoms with E-state index in [-0.39, 0.29) is 12.5 Å². The van der Waals surface area contributed by atoms with Gasteiger partial charge in [0, 0.05) is 0 Å². The molecule has 0 rings (SSSR count). The van der Waals surface area contributed by atoms with Gasteiger partial charge in [0.05, 0.1) is 6.61 Å². The maximum Gasteiger partial charge on any atom is 0.133 e. The fourth-order valence-corrected chi connectivity index (χ4v) is 1.14. The van der Waals surface area contributed by atoms with Gasteiger partial charge in [-0.25, -0.2) is 0 Å². The molecule has 1 unspecified atom stereocenters. The summed E-state index contributed by atoms with van der Waals surface area (Å²) in [6.07, 6.45) is -8.86. The third-order valence-corrected chi connectivity index (χ3v) is 2.24. The minimum absolute atomic E-state index is 0.0643. The van der Waals surface area contributed by atoms with Gasteiger partial charge in [0.25, 0.3) is 0 Å². The summed E-state index contributed by atoms with van der Waals surface area (Å²) < 4.78 is 7.44. The van der Waals surface area contributed by atoms with Crippen molar-refractivity contribution in [3.8, 4) is 0 Å². The van der Waals surface area contributed by atoms with Gasteiger partial charge in [-0.1, -0.05) is 13.8 Å². The van der Waals surface area contributed by atoms with Crippen LogP contribution >= 0.6 is 0 Å². The molecule has 0 aromatic rings. The molecule has 5 atom stereocenters. The van der Waals surface area contributed by atoms with Crippen molar-refractivity contribution in [2.45, 2.75) is 44.5 Å². The van der Waals surface area contributed by atoms with E-state index in [4.69, 9.17) is 11.6 Å². The summed E-state index contributed by atoms with van der Waals surface area (Å²) in [6, 6.07) is 0.